The first kappa shape index (κ1) is 32.0. The fourth-order valence-corrected chi connectivity index (χ4v) is 7.06. The van der Waals surface area contributed by atoms with E-state index in [0.717, 1.165) is 84.1 Å². The second-order valence-corrected chi connectivity index (χ2v) is 13.2. The molecule has 1 unspecified atom stereocenters. The summed E-state index contributed by atoms with van der Waals surface area (Å²) in [6.07, 6.45) is 0.350. The molecule has 1 aromatic heterocycles. The Morgan fingerprint density at radius 1 is 0.642 bits per heavy atom. The van der Waals surface area contributed by atoms with Crippen LogP contribution in [0.25, 0.3) is 60.3 Å². The van der Waals surface area contributed by atoms with E-state index in [0.29, 0.717) is 11.7 Å². The number of carbonyl (C=O) groups excluding carboxylic acids is 1. The summed E-state index contributed by atoms with van der Waals surface area (Å²) in [5.74, 6) is 1.22. The Kier molecular flexibility index (Phi) is 8.01. The van der Waals surface area contributed by atoms with Crippen molar-refractivity contribution in [2.24, 2.45) is 9.98 Å². The van der Waals surface area contributed by atoms with Crippen LogP contribution < -0.4 is 10.2 Å². The van der Waals surface area contributed by atoms with E-state index in [1.807, 2.05) is 67.7 Å². The summed E-state index contributed by atoms with van der Waals surface area (Å²) in [4.78, 5) is 23.4. The van der Waals surface area contributed by atoms with E-state index in [2.05, 4.69) is 96.3 Å². The molecule has 0 bridgehead atoms. The molecule has 7 heteroatoms. The Bertz CT molecular complexity index is 2750. The minimum absolute atomic E-state index is 0.461. The van der Waals surface area contributed by atoms with Crippen molar-refractivity contribution in [3.63, 3.8) is 0 Å². The molecule has 0 saturated heterocycles. The summed E-state index contributed by atoms with van der Waals surface area (Å²) in [7, 11) is 3.59. The number of aliphatic imine (C=N–C) groups is 2. The van der Waals surface area contributed by atoms with Crippen LogP contribution in [0.5, 0.6) is 0 Å². The van der Waals surface area contributed by atoms with Gasteiger partial charge in [0.1, 0.15) is 11.2 Å². The van der Waals surface area contributed by atoms with Crippen molar-refractivity contribution in [3.05, 3.63) is 174 Å². The standard InChI is InChI=1S/C46H34N5O2/c1-47-40-20-18-35(26-41(40)51(2)28-52)31-15-9-17-37(23-31)46-49-44(29-10-4-3-5-11-29)48-45(50-46)36-16-8-14-30(22-36)34-19-21-42-38(25-34)39-24-32-12-6-7-13-33(32)27-43(39)53-42/h3-28,44,47H,1-2H3/q-1. The van der Waals surface area contributed by atoms with Gasteiger partial charge in [-0.2, -0.15) is 0 Å². The average molecular weight is 689 g/mol. The third kappa shape index (κ3) is 5.98. The summed E-state index contributed by atoms with van der Waals surface area (Å²) in [6.45, 7) is 0. The van der Waals surface area contributed by atoms with E-state index >= 15 is 0 Å². The van der Waals surface area contributed by atoms with Crippen LogP contribution in [-0.4, -0.2) is 32.2 Å². The van der Waals surface area contributed by atoms with E-state index < -0.39 is 6.17 Å². The van der Waals surface area contributed by atoms with Gasteiger partial charge in [0.25, 0.3) is 0 Å². The first-order valence-electron chi connectivity index (χ1n) is 17.5. The summed E-state index contributed by atoms with van der Waals surface area (Å²) in [5, 5.41) is 12.8. The van der Waals surface area contributed by atoms with Crippen LogP contribution in [-0.2, 0) is 4.79 Å². The van der Waals surface area contributed by atoms with E-state index in [1.165, 1.54) is 5.39 Å². The number of amidine groups is 2. The molecule has 0 saturated carbocycles. The lowest BCUT2D eigenvalue weighted by molar-refractivity contribution is -0.107. The molecule has 1 aliphatic rings. The SMILES string of the molecule is CNc1ccc(-c2cccc(C3=NC(c4cccc(-c5ccc6oc7cc8ccccc8cc7c6c5)c4)=NC(c4ccccc4)[N-]3)c2)cc1N(C)C=O. The lowest BCUT2D eigenvalue weighted by Gasteiger charge is -2.32. The Balaban J connectivity index is 1.11. The highest BCUT2D eigenvalue weighted by Gasteiger charge is 2.16. The molecule has 0 spiro atoms. The lowest BCUT2D eigenvalue weighted by Crippen LogP contribution is -2.16. The molecule has 1 amide bonds. The second-order valence-electron chi connectivity index (χ2n) is 13.2. The smallest absolute Gasteiger partial charge is 0.213 e. The normalized spacial score (nSPS) is 14.1. The molecule has 1 atom stereocenters. The van der Waals surface area contributed by atoms with E-state index in [4.69, 9.17) is 19.7 Å². The maximum Gasteiger partial charge on any atom is 0.213 e. The molecule has 8 aromatic rings. The van der Waals surface area contributed by atoms with Gasteiger partial charge in [0.05, 0.1) is 23.4 Å². The second kappa shape index (κ2) is 13.3. The van der Waals surface area contributed by atoms with Gasteiger partial charge < -0.3 is 24.9 Å². The van der Waals surface area contributed by atoms with Crippen LogP contribution in [0.1, 0.15) is 22.9 Å². The fourth-order valence-electron chi connectivity index (χ4n) is 7.06. The number of hydrogen-bond acceptors (Lipinski definition) is 5. The number of amides is 1. The summed E-state index contributed by atoms with van der Waals surface area (Å²) in [6, 6.07) is 51.8. The molecule has 7 aromatic carbocycles. The number of nitrogens with zero attached hydrogens (tertiary/aromatic N) is 4. The van der Waals surface area contributed by atoms with Gasteiger partial charge in [-0.3, -0.25) is 9.79 Å². The molecular formula is C46H34N5O2-. The Morgan fingerprint density at radius 3 is 2.06 bits per heavy atom. The van der Waals surface area contributed by atoms with Crippen molar-refractivity contribution < 1.29 is 9.21 Å². The number of carbonyl (C=O) groups is 1. The van der Waals surface area contributed by atoms with Crippen LogP contribution in [0, 0.1) is 0 Å². The highest BCUT2D eigenvalue weighted by Crippen LogP contribution is 2.37. The number of rotatable bonds is 8. The van der Waals surface area contributed by atoms with Crippen molar-refractivity contribution in [3.8, 4) is 22.3 Å². The predicted octanol–water partition coefficient (Wildman–Crippen LogP) is 11.0. The first-order valence-corrected chi connectivity index (χ1v) is 17.5. The summed E-state index contributed by atoms with van der Waals surface area (Å²) < 4.78 is 6.28. The first-order chi connectivity index (χ1) is 26.0. The van der Waals surface area contributed by atoms with Gasteiger partial charge in [-0.25, -0.2) is 0 Å². The molecule has 256 valence electrons. The van der Waals surface area contributed by atoms with E-state index in [-0.39, 0.29) is 0 Å². The number of fused-ring (bicyclic) bond motifs is 4. The van der Waals surface area contributed by atoms with Gasteiger partial charge in [0.15, 0.2) is 0 Å². The topological polar surface area (TPSA) is 84.3 Å². The van der Waals surface area contributed by atoms with Gasteiger partial charge in [-0.05, 0) is 98.2 Å². The lowest BCUT2D eigenvalue weighted by atomic mass is 9.99. The quantitative estimate of drug-likeness (QED) is 0.161. The zero-order valence-electron chi connectivity index (χ0n) is 29.2. The van der Waals surface area contributed by atoms with E-state index in [9.17, 15) is 4.79 Å². The van der Waals surface area contributed by atoms with Gasteiger partial charge in [-0.1, -0.05) is 109 Å². The van der Waals surface area contributed by atoms with Crippen molar-refractivity contribution in [1.82, 2.24) is 0 Å². The van der Waals surface area contributed by atoms with Gasteiger partial charge in [0.2, 0.25) is 6.41 Å². The average Bonchev–Trinajstić information content (AvgIpc) is 3.59. The molecule has 1 aliphatic heterocycles. The molecule has 2 heterocycles. The fraction of sp³-hybridized carbons (Fsp3) is 0.0652. The van der Waals surface area contributed by atoms with Gasteiger partial charge >= 0.3 is 0 Å². The van der Waals surface area contributed by atoms with Crippen LogP contribution in [0.2, 0.25) is 0 Å². The Morgan fingerprint density at radius 2 is 1.28 bits per heavy atom. The number of benzene rings is 7. The number of anilines is 2. The maximum atomic E-state index is 11.7. The zero-order chi connectivity index (χ0) is 35.9. The van der Waals surface area contributed by atoms with Crippen LogP contribution in [0.15, 0.2) is 166 Å². The number of furan rings is 1. The molecular weight excluding hydrogens is 655 g/mol. The molecule has 9 rings (SSSR count). The monoisotopic (exact) mass is 688 g/mol. The third-order valence-electron chi connectivity index (χ3n) is 9.85. The zero-order valence-corrected chi connectivity index (χ0v) is 29.2. The van der Waals surface area contributed by atoms with E-state index in [1.54, 1.807) is 11.9 Å². The largest absolute Gasteiger partial charge is 0.456 e. The van der Waals surface area contributed by atoms with Crippen LogP contribution in [0.3, 0.4) is 0 Å². The summed E-state index contributed by atoms with van der Waals surface area (Å²) in [5.41, 5.74) is 10.3. The minimum Gasteiger partial charge on any atom is -0.456 e. The van der Waals surface area contributed by atoms with Crippen molar-refractivity contribution in [1.29, 1.82) is 0 Å². The Labute approximate surface area is 306 Å². The minimum atomic E-state index is -0.461. The molecule has 0 fully saturated rings. The summed E-state index contributed by atoms with van der Waals surface area (Å²) >= 11 is 0. The van der Waals surface area contributed by atoms with Crippen molar-refractivity contribution in [2.75, 3.05) is 24.3 Å². The maximum absolute atomic E-state index is 11.7. The van der Waals surface area contributed by atoms with Crippen LogP contribution >= 0.6 is 0 Å². The van der Waals surface area contributed by atoms with Crippen LogP contribution in [0.4, 0.5) is 11.4 Å². The van der Waals surface area contributed by atoms with Crippen molar-refractivity contribution >= 4 is 62.2 Å². The third-order valence-corrected chi connectivity index (χ3v) is 9.85. The Hall–Kier alpha value is -6.99. The number of nitrogens with one attached hydrogen (secondary N) is 1. The van der Waals surface area contributed by atoms with Gasteiger partial charge in [0, 0.05) is 24.9 Å². The predicted molar refractivity (Wildman–Crippen MR) is 218 cm³/mol. The molecule has 1 N–H and O–H groups in total. The molecule has 53 heavy (non-hydrogen) atoms. The highest BCUT2D eigenvalue weighted by molar-refractivity contribution is 6.19. The van der Waals surface area contributed by atoms with Crippen molar-refractivity contribution in [2.45, 2.75) is 6.17 Å². The molecule has 0 radical (unpaired) electrons. The molecule has 0 aliphatic carbocycles. The molecule has 7 nitrogen and oxygen atoms in total. The highest BCUT2D eigenvalue weighted by atomic mass is 16.3. The van der Waals surface area contributed by atoms with Gasteiger partial charge in [-0.15, -0.1) is 0 Å². The number of hydrogen-bond donors (Lipinski definition) is 1.